The van der Waals surface area contributed by atoms with Gasteiger partial charge in [0.25, 0.3) is 0 Å². The number of aryl methyl sites for hydroxylation is 1. The molecule has 1 saturated heterocycles. The van der Waals surface area contributed by atoms with E-state index < -0.39 is 17.8 Å². The van der Waals surface area contributed by atoms with E-state index in [9.17, 15) is 23.1 Å². The Morgan fingerprint density at radius 3 is 2.60 bits per heavy atom. The number of carboxylic acids is 1. The molecule has 0 saturated carbocycles. The normalized spacial score (nSPS) is 14.2. The van der Waals surface area contributed by atoms with E-state index in [0.717, 1.165) is 37.5 Å². The first kappa shape index (κ1) is 24.5. The van der Waals surface area contributed by atoms with Gasteiger partial charge in [0.1, 0.15) is 23.6 Å². The molecule has 0 radical (unpaired) electrons. The maximum Gasteiger partial charge on any atom is 0.433 e. The van der Waals surface area contributed by atoms with Crippen LogP contribution < -0.4 is 10.1 Å². The number of ether oxygens (including phenoxy) is 1. The van der Waals surface area contributed by atoms with E-state index in [1.165, 1.54) is 18.9 Å². The summed E-state index contributed by atoms with van der Waals surface area (Å²) in [6.45, 7) is 5.03. The van der Waals surface area contributed by atoms with Crippen LogP contribution >= 0.6 is 0 Å². The van der Waals surface area contributed by atoms with Crippen LogP contribution in [0, 0.1) is 6.92 Å². The lowest BCUT2D eigenvalue weighted by molar-refractivity contribution is -0.141. The molecule has 2 aromatic carbocycles. The minimum Gasteiger partial charge on any atom is -0.491 e. The van der Waals surface area contributed by atoms with Crippen molar-refractivity contribution in [2.24, 2.45) is 0 Å². The molecule has 0 atom stereocenters. The number of anilines is 2. The second kappa shape index (κ2) is 10.3. The van der Waals surface area contributed by atoms with E-state index in [1.807, 2.05) is 13.0 Å². The molecule has 1 aromatic heterocycles. The number of rotatable bonds is 8. The van der Waals surface area contributed by atoms with E-state index in [4.69, 9.17) is 4.74 Å². The highest BCUT2D eigenvalue weighted by atomic mass is 19.4. The first-order valence-corrected chi connectivity index (χ1v) is 11.2. The number of halogens is 3. The lowest BCUT2D eigenvalue weighted by atomic mass is 10.00. The summed E-state index contributed by atoms with van der Waals surface area (Å²) >= 11 is 0. The minimum absolute atomic E-state index is 0.0427. The van der Waals surface area contributed by atoms with E-state index >= 15 is 0 Å². The molecule has 3 aromatic rings. The maximum atomic E-state index is 13.0. The van der Waals surface area contributed by atoms with Crippen molar-refractivity contribution in [2.75, 3.05) is 31.6 Å². The van der Waals surface area contributed by atoms with E-state index in [2.05, 4.69) is 20.2 Å². The summed E-state index contributed by atoms with van der Waals surface area (Å²) in [6, 6.07) is 11.0. The number of likely N-dealkylation sites (tertiary alicyclic amines) is 1. The van der Waals surface area contributed by atoms with Gasteiger partial charge in [-0.1, -0.05) is 12.1 Å². The SMILES string of the molecule is Cc1cc(Nc2nccc(C(F)(F)F)n2)cc(-c2ccc(OCCN3CCCC3)c(C(=O)O)c2)c1. The predicted molar refractivity (Wildman–Crippen MR) is 125 cm³/mol. The quantitative estimate of drug-likeness (QED) is 0.442. The standard InChI is InChI=1S/C25H25F3N4O3/c1-16-12-18(14-19(13-16)30-24-29-7-6-22(31-24)25(26,27)28)17-4-5-21(20(15-17)23(33)34)35-11-10-32-8-2-3-9-32/h4-7,12-15H,2-3,8-11H2,1H3,(H,33,34)(H,29,30,31). The van der Waals surface area contributed by atoms with Crippen molar-refractivity contribution < 1.29 is 27.8 Å². The number of hydrogen-bond acceptors (Lipinski definition) is 6. The molecule has 7 nitrogen and oxygen atoms in total. The van der Waals surface area contributed by atoms with Crippen LogP contribution in [-0.4, -0.2) is 52.2 Å². The van der Waals surface area contributed by atoms with Crippen LogP contribution in [0.1, 0.15) is 34.5 Å². The number of aromatic carboxylic acids is 1. The summed E-state index contributed by atoms with van der Waals surface area (Å²) in [5, 5.41) is 12.5. The molecule has 35 heavy (non-hydrogen) atoms. The minimum atomic E-state index is -4.58. The Hall–Kier alpha value is -3.66. The zero-order chi connectivity index (χ0) is 25.0. The van der Waals surface area contributed by atoms with Crippen molar-refractivity contribution in [1.29, 1.82) is 0 Å². The van der Waals surface area contributed by atoms with Gasteiger partial charge in [0, 0.05) is 18.4 Å². The Labute approximate surface area is 200 Å². The molecule has 0 aliphatic carbocycles. The maximum absolute atomic E-state index is 13.0. The Morgan fingerprint density at radius 1 is 1.11 bits per heavy atom. The average Bonchev–Trinajstić information content (AvgIpc) is 3.32. The fraction of sp³-hybridized carbons (Fsp3) is 0.320. The fourth-order valence-electron chi connectivity index (χ4n) is 4.02. The summed E-state index contributed by atoms with van der Waals surface area (Å²) in [7, 11) is 0. The van der Waals surface area contributed by atoms with Crippen LogP contribution in [0.2, 0.25) is 0 Å². The highest BCUT2D eigenvalue weighted by Crippen LogP contribution is 2.31. The molecule has 2 N–H and O–H groups in total. The highest BCUT2D eigenvalue weighted by molar-refractivity contribution is 5.93. The molecule has 0 amide bonds. The first-order chi connectivity index (χ1) is 16.7. The number of alkyl halides is 3. The topological polar surface area (TPSA) is 87.6 Å². The van der Waals surface area contributed by atoms with Gasteiger partial charge in [0.2, 0.25) is 5.95 Å². The molecule has 1 fully saturated rings. The van der Waals surface area contributed by atoms with Gasteiger partial charge in [0.05, 0.1) is 0 Å². The van der Waals surface area contributed by atoms with Crippen LogP contribution in [-0.2, 0) is 6.18 Å². The van der Waals surface area contributed by atoms with Crippen LogP contribution in [0.15, 0.2) is 48.7 Å². The van der Waals surface area contributed by atoms with E-state index in [0.29, 0.717) is 29.2 Å². The molecule has 10 heteroatoms. The molecular formula is C25H25F3N4O3. The molecule has 0 bridgehead atoms. The lowest BCUT2D eigenvalue weighted by Gasteiger charge is -2.16. The summed E-state index contributed by atoms with van der Waals surface area (Å²) < 4.78 is 44.7. The number of carboxylic acid groups (broad SMARTS) is 1. The number of hydrogen-bond donors (Lipinski definition) is 2. The number of nitrogens with zero attached hydrogens (tertiary/aromatic N) is 3. The third kappa shape index (κ3) is 6.27. The number of benzene rings is 2. The summed E-state index contributed by atoms with van der Waals surface area (Å²) in [5.41, 5.74) is 1.61. The Bertz CT molecular complexity index is 1210. The van der Waals surface area contributed by atoms with Gasteiger partial charge in [0.15, 0.2) is 0 Å². The lowest BCUT2D eigenvalue weighted by Crippen LogP contribution is -2.25. The van der Waals surface area contributed by atoms with Crippen molar-refractivity contribution in [1.82, 2.24) is 14.9 Å². The zero-order valence-corrected chi connectivity index (χ0v) is 19.1. The Balaban J connectivity index is 1.55. The van der Waals surface area contributed by atoms with Gasteiger partial charge in [-0.25, -0.2) is 14.8 Å². The number of carbonyl (C=O) groups is 1. The molecule has 1 aliphatic rings. The third-order valence-corrected chi connectivity index (χ3v) is 5.69. The van der Waals surface area contributed by atoms with Crippen molar-refractivity contribution in [3.63, 3.8) is 0 Å². The van der Waals surface area contributed by atoms with Crippen LogP contribution in [0.3, 0.4) is 0 Å². The van der Waals surface area contributed by atoms with Gasteiger partial charge in [-0.05, 0) is 79.9 Å². The largest absolute Gasteiger partial charge is 0.491 e. The zero-order valence-electron chi connectivity index (χ0n) is 19.1. The van der Waals surface area contributed by atoms with E-state index in [1.54, 1.807) is 24.3 Å². The van der Waals surface area contributed by atoms with Gasteiger partial charge in [-0.2, -0.15) is 13.2 Å². The summed E-state index contributed by atoms with van der Waals surface area (Å²) in [6.07, 6.45) is -1.20. The summed E-state index contributed by atoms with van der Waals surface area (Å²) in [4.78, 5) is 21.6. The van der Waals surface area contributed by atoms with Crippen molar-refractivity contribution in [2.45, 2.75) is 25.9 Å². The van der Waals surface area contributed by atoms with Crippen LogP contribution in [0.4, 0.5) is 24.8 Å². The molecule has 0 spiro atoms. The third-order valence-electron chi connectivity index (χ3n) is 5.69. The molecule has 2 heterocycles. The fourth-order valence-corrected chi connectivity index (χ4v) is 4.02. The number of aromatic nitrogens is 2. The van der Waals surface area contributed by atoms with Gasteiger partial charge in [-0.3, -0.25) is 4.90 Å². The molecule has 0 unspecified atom stereocenters. The van der Waals surface area contributed by atoms with Gasteiger partial charge < -0.3 is 15.2 Å². The Morgan fingerprint density at radius 2 is 1.89 bits per heavy atom. The molecular weight excluding hydrogens is 461 g/mol. The second-order valence-electron chi connectivity index (χ2n) is 8.39. The molecule has 1 aliphatic heterocycles. The van der Waals surface area contributed by atoms with Crippen molar-refractivity contribution in [3.8, 4) is 16.9 Å². The van der Waals surface area contributed by atoms with Crippen LogP contribution in [0.25, 0.3) is 11.1 Å². The second-order valence-corrected chi connectivity index (χ2v) is 8.39. The first-order valence-electron chi connectivity index (χ1n) is 11.2. The van der Waals surface area contributed by atoms with Gasteiger partial charge >= 0.3 is 12.1 Å². The van der Waals surface area contributed by atoms with Crippen LogP contribution in [0.5, 0.6) is 5.75 Å². The monoisotopic (exact) mass is 486 g/mol. The van der Waals surface area contributed by atoms with Crippen molar-refractivity contribution >= 4 is 17.6 Å². The average molecular weight is 486 g/mol. The predicted octanol–water partition coefficient (Wildman–Crippen LogP) is 5.39. The molecule has 184 valence electrons. The molecule has 4 rings (SSSR count). The number of nitrogens with one attached hydrogen (secondary N) is 1. The van der Waals surface area contributed by atoms with Crippen molar-refractivity contribution in [3.05, 3.63) is 65.5 Å². The Kier molecular flexibility index (Phi) is 7.20. The van der Waals surface area contributed by atoms with E-state index in [-0.39, 0.29) is 11.5 Å². The van der Waals surface area contributed by atoms with Gasteiger partial charge in [-0.15, -0.1) is 0 Å². The smallest absolute Gasteiger partial charge is 0.433 e. The summed E-state index contributed by atoms with van der Waals surface area (Å²) in [5.74, 6) is -1.00. The highest BCUT2D eigenvalue weighted by Gasteiger charge is 2.32.